The second-order valence-corrected chi connectivity index (χ2v) is 6.51. The van der Waals surface area contributed by atoms with Gasteiger partial charge in [-0.15, -0.1) is 0 Å². The van der Waals surface area contributed by atoms with E-state index in [2.05, 4.69) is 0 Å². The summed E-state index contributed by atoms with van der Waals surface area (Å²) in [6.07, 6.45) is -0.952. The lowest BCUT2D eigenvalue weighted by Crippen LogP contribution is -2.49. The third-order valence-electron chi connectivity index (χ3n) is 3.45. The van der Waals surface area contributed by atoms with E-state index in [1.807, 2.05) is 30.3 Å². The molecule has 1 fully saturated rings. The molecule has 1 N–H and O–H groups in total. The lowest BCUT2D eigenvalue weighted by molar-refractivity contribution is -0.241. The van der Waals surface area contributed by atoms with Crippen molar-refractivity contribution in [3.8, 4) is 0 Å². The molecule has 1 aliphatic rings. The van der Waals surface area contributed by atoms with E-state index >= 15 is 0 Å². The minimum absolute atomic E-state index is 0.133. The maximum absolute atomic E-state index is 12.3. The molecule has 6 heteroatoms. The van der Waals surface area contributed by atoms with Gasteiger partial charge in [0.2, 0.25) is 12.3 Å². The van der Waals surface area contributed by atoms with Gasteiger partial charge in [-0.25, -0.2) is 4.79 Å². The molecular weight excluding hydrogens is 298 g/mol. The quantitative estimate of drug-likeness (QED) is 0.661. The van der Waals surface area contributed by atoms with Crippen LogP contribution in [0.5, 0.6) is 0 Å². The highest BCUT2D eigenvalue weighted by Gasteiger charge is 2.42. The summed E-state index contributed by atoms with van der Waals surface area (Å²) >= 11 is 0. The Morgan fingerprint density at radius 3 is 2.61 bits per heavy atom. The van der Waals surface area contributed by atoms with Crippen molar-refractivity contribution in [2.75, 3.05) is 0 Å². The van der Waals surface area contributed by atoms with Crippen LogP contribution in [0.15, 0.2) is 30.3 Å². The van der Waals surface area contributed by atoms with Gasteiger partial charge in [0.1, 0.15) is 12.6 Å². The average molecular weight is 321 g/mol. The van der Waals surface area contributed by atoms with Crippen molar-refractivity contribution in [1.29, 1.82) is 0 Å². The van der Waals surface area contributed by atoms with Gasteiger partial charge in [-0.1, -0.05) is 30.3 Å². The van der Waals surface area contributed by atoms with Crippen LogP contribution in [0.4, 0.5) is 0 Å². The first-order valence-electron chi connectivity index (χ1n) is 7.65. The molecule has 1 heterocycles. The fraction of sp³-hybridized carbons (Fsp3) is 0.529. The topological polar surface area (TPSA) is 76.1 Å². The molecule has 1 aromatic rings. The first-order chi connectivity index (χ1) is 10.8. The van der Waals surface area contributed by atoms with Crippen molar-refractivity contribution >= 4 is 11.9 Å². The molecule has 1 amide bonds. The number of aliphatic hydroxyl groups is 1. The minimum Gasteiger partial charge on any atom is -0.459 e. The van der Waals surface area contributed by atoms with Gasteiger partial charge in [0.05, 0.1) is 5.60 Å². The van der Waals surface area contributed by atoms with Gasteiger partial charge in [-0.2, -0.15) is 0 Å². The Kier molecular flexibility index (Phi) is 5.38. The molecule has 6 nitrogen and oxygen atoms in total. The second-order valence-electron chi connectivity index (χ2n) is 6.51. The molecule has 0 radical (unpaired) electrons. The fourth-order valence-corrected chi connectivity index (χ4v) is 2.41. The van der Waals surface area contributed by atoms with Crippen LogP contribution in [0.3, 0.4) is 0 Å². The minimum atomic E-state index is -1.46. The van der Waals surface area contributed by atoms with E-state index in [4.69, 9.17) is 9.47 Å². The SMILES string of the molecule is CC(C)(C)OC(O)N1C(=O)CC[C@H]1C(=O)OCc1ccccc1. The van der Waals surface area contributed by atoms with Gasteiger partial charge >= 0.3 is 5.97 Å². The number of aliphatic hydroxyl groups excluding tert-OH is 1. The van der Waals surface area contributed by atoms with Crippen molar-refractivity contribution in [3.63, 3.8) is 0 Å². The summed E-state index contributed by atoms with van der Waals surface area (Å²) in [4.78, 5) is 25.3. The highest BCUT2D eigenvalue weighted by molar-refractivity contribution is 5.88. The lowest BCUT2D eigenvalue weighted by Gasteiger charge is -2.32. The number of esters is 1. The van der Waals surface area contributed by atoms with Gasteiger partial charge in [-0.3, -0.25) is 9.69 Å². The molecule has 0 aliphatic carbocycles. The molecule has 1 aliphatic heterocycles. The number of carbonyl (C=O) groups is 2. The maximum atomic E-state index is 12.3. The zero-order valence-electron chi connectivity index (χ0n) is 13.7. The predicted molar refractivity (Wildman–Crippen MR) is 83.0 cm³/mol. The molecule has 0 saturated carbocycles. The first-order valence-corrected chi connectivity index (χ1v) is 7.65. The summed E-state index contributed by atoms with van der Waals surface area (Å²) in [6, 6.07) is 8.47. The van der Waals surface area contributed by atoms with E-state index in [1.165, 1.54) is 0 Å². The highest BCUT2D eigenvalue weighted by atomic mass is 16.6. The van der Waals surface area contributed by atoms with Crippen LogP contribution in [-0.2, 0) is 25.7 Å². The van der Waals surface area contributed by atoms with Crippen molar-refractivity contribution in [2.24, 2.45) is 0 Å². The normalized spacial score (nSPS) is 19.7. The smallest absolute Gasteiger partial charge is 0.329 e. The molecular formula is C17H23NO5. The maximum Gasteiger partial charge on any atom is 0.329 e. The number of likely N-dealkylation sites (tertiary alicyclic amines) is 1. The monoisotopic (exact) mass is 321 g/mol. The van der Waals surface area contributed by atoms with Gasteiger partial charge in [-0.05, 0) is 32.8 Å². The van der Waals surface area contributed by atoms with Crippen molar-refractivity contribution in [2.45, 2.75) is 58.3 Å². The first kappa shape index (κ1) is 17.4. The van der Waals surface area contributed by atoms with Crippen molar-refractivity contribution in [3.05, 3.63) is 35.9 Å². The fourth-order valence-electron chi connectivity index (χ4n) is 2.41. The Balaban J connectivity index is 1.99. The third-order valence-corrected chi connectivity index (χ3v) is 3.45. The Morgan fingerprint density at radius 2 is 2.00 bits per heavy atom. The number of benzene rings is 1. The molecule has 126 valence electrons. The summed E-state index contributed by atoms with van der Waals surface area (Å²) in [5, 5.41) is 10.1. The number of rotatable bonds is 5. The lowest BCUT2D eigenvalue weighted by atomic mass is 10.2. The predicted octanol–water partition coefficient (Wildman–Crippen LogP) is 1.81. The van der Waals surface area contributed by atoms with E-state index in [9.17, 15) is 14.7 Å². The average Bonchev–Trinajstić information content (AvgIpc) is 2.86. The Bertz CT molecular complexity index is 552. The van der Waals surface area contributed by atoms with Gasteiger partial charge in [0.25, 0.3) is 0 Å². The number of ether oxygens (including phenoxy) is 2. The largest absolute Gasteiger partial charge is 0.459 e. The summed E-state index contributed by atoms with van der Waals surface area (Å²) in [5.41, 5.74) is 0.226. The molecule has 1 unspecified atom stereocenters. The molecule has 2 atom stereocenters. The number of carbonyl (C=O) groups excluding carboxylic acids is 2. The summed E-state index contributed by atoms with van der Waals surface area (Å²) < 4.78 is 10.7. The zero-order valence-corrected chi connectivity index (χ0v) is 13.7. The molecule has 0 bridgehead atoms. The van der Waals surface area contributed by atoms with Gasteiger partial charge < -0.3 is 14.6 Å². The highest BCUT2D eigenvalue weighted by Crippen LogP contribution is 2.25. The summed E-state index contributed by atoms with van der Waals surface area (Å²) in [5.74, 6) is -0.848. The van der Waals surface area contributed by atoms with Crippen LogP contribution < -0.4 is 0 Å². The molecule has 23 heavy (non-hydrogen) atoms. The summed E-state index contributed by atoms with van der Waals surface area (Å²) in [7, 11) is 0. The number of nitrogens with zero attached hydrogens (tertiary/aromatic N) is 1. The number of amides is 1. The van der Waals surface area contributed by atoms with Crippen LogP contribution in [0.2, 0.25) is 0 Å². The van der Waals surface area contributed by atoms with E-state index in [0.29, 0.717) is 6.42 Å². The van der Waals surface area contributed by atoms with Gasteiger partial charge in [0, 0.05) is 6.42 Å². The van der Waals surface area contributed by atoms with E-state index in [-0.39, 0.29) is 18.9 Å². The molecule has 2 rings (SSSR count). The molecule has 0 aromatic heterocycles. The second kappa shape index (κ2) is 7.10. The standard InChI is InChI=1S/C17H23NO5/c1-17(2,3)23-16(21)18-13(9-10-14(18)19)15(20)22-11-12-7-5-4-6-8-12/h4-8,13,16,21H,9-11H2,1-3H3/t13-,16?/m0/s1. The molecule has 1 saturated heterocycles. The third kappa shape index (κ3) is 4.77. The summed E-state index contributed by atoms with van der Waals surface area (Å²) in [6.45, 7) is 5.42. The van der Waals surface area contributed by atoms with E-state index in [0.717, 1.165) is 10.5 Å². The zero-order chi connectivity index (χ0) is 17.0. The van der Waals surface area contributed by atoms with E-state index < -0.39 is 24.0 Å². The van der Waals surface area contributed by atoms with Gasteiger partial charge in [0.15, 0.2) is 0 Å². The van der Waals surface area contributed by atoms with Crippen LogP contribution in [-0.4, -0.2) is 39.9 Å². The van der Waals surface area contributed by atoms with Crippen LogP contribution in [0.1, 0.15) is 39.2 Å². The van der Waals surface area contributed by atoms with Crippen LogP contribution >= 0.6 is 0 Å². The molecule has 0 spiro atoms. The number of hydrogen-bond donors (Lipinski definition) is 1. The Hall–Kier alpha value is -1.92. The van der Waals surface area contributed by atoms with E-state index in [1.54, 1.807) is 20.8 Å². The number of hydrogen-bond acceptors (Lipinski definition) is 5. The molecule has 1 aromatic carbocycles. The van der Waals surface area contributed by atoms with Crippen LogP contribution in [0.25, 0.3) is 0 Å². The Morgan fingerprint density at radius 1 is 1.35 bits per heavy atom. The van der Waals surface area contributed by atoms with Crippen LogP contribution in [0, 0.1) is 0 Å². The van der Waals surface area contributed by atoms with Crippen molar-refractivity contribution < 1.29 is 24.2 Å². The van der Waals surface area contributed by atoms with Crippen molar-refractivity contribution in [1.82, 2.24) is 4.90 Å². The Labute approximate surface area is 136 Å².